The highest BCUT2D eigenvalue weighted by Gasteiger charge is 2.12. The third-order valence-electron chi connectivity index (χ3n) is 1.89. The Labute approximate surface area is 97.3 Å². The lowest BCUT2D eigenvalue weighted by atomic mass is 10.3. The molecule has 1 aromatic heterocycles. The maximum Gasteiger partial charge on any atom is 0.263 e. The van der Waals surface area contributed by atoms with Gasteiger partial charge in [-0.15, -0.1) is 11.3 Å². The van der Waals surface area contributed by atoms with Crippen molar-refractivity contribution in [2.24, 2.45) is 5.11 Å². The lowest BCUT2D eigenvalue weighted by Crippen LogP contribution is -2.24. The fraction of sp³-hybridized carbons (Fsp3) is 0.556. The summed E-state index contributed by atoms with van der Waals surface area (Å²) in [6.07, 6.45) is 0.645. The van der Waals surface area contributed by atoms with Crippen LogP contribution in [-0.4, -0.2) is 24.0 Å². The molecule has 1 aromatic rings. The molecule has 0 aliphatic heterocycles. The van der Waals surface area contributed by atoms with Crippen LogP contribution in [0.1, 0.15) is 26.8 Å². The van der Waals surface area contributed by atoms with E-state index in [2.05, 4.69) is 20.3 Å². The van der Waals surface area contributed by atoms with E-state index in [-0.39, 0.29) is 5.91 Å². The molecule has 0 radical (unpaired) electrons. The van der Waals surface area contributed by atoms with Gasteiger partial charge in [-0.1, -0.05) is 5.11 Å². The van der Waals surface area contributed by atoms with Crippen LogP contribution in [0.3, 0.4) is 0 Å². The summed E-state index contributed by atoms with van der Waals surface area (Å²) in [6.45, 7) is 4.60. The molecule has 0 saturated carbocycles. The molecule has 1 heterocycles. The molecule has 1 N–H and O–H groups in total. The van der Waals surface area contributed by atoms with Crippen LogP contribution < -0.4 is 5.32 Å². The molecule has 1 rings (SSSR count). The Kier molecular flexibility index (Phi) is 4.75. The number of hydrogen-bond acceptors (Lipinski definition) is 4. The molecule has 0 spiro atoms. The number of nitrogens with one attached hydrogen (secondary N) is 1. The second-order valence-corrected chi connectivity index (χ2v) is 4.41. The molecule has 0 fully saturated rings. The molecular formula is C9H13N5OS. The van der Waals surface area contributed by atoms with E-state index < -0.39 is 0 Å². The Balaban J connectivity index is 2.41. The third kappa shape index (κ3) is 3.52. The van der Waals surface area contributed by atoms with Crippen LogP contribution in [0.4, 0.5) is 0 Å². The molecule has 16 heavy (non-hydrogen) atoms. The van der Waals surface area contributed by atoms with E-state index in [4.69, 9.17) is 5.53 Å². The second kappa shape index (κ2) is 6.09. The van der Waals surface area contributed by atoms with Gasteiger partial charge in [-0.3, -0.25) is 4.79 Å². The zero-order valence-corrected chi connectivity index (χ0v) is 10.0. The first-order valence-corrected chi connectivity index (χ1v) is 5.70. The van der Waals surface area contributed by atoms with Crippen molar-refractivity contribution in [3.8, 4) is 0 Å². The number of carbonyl (C=O) groups excluding carboxylic acids is 1. The second-order valence-electron chi connectivity index (χ2n) is 3.21. The van der Waals surface area contributed by atoms with Crippen molar-refractivity contribution in [2.75, 3.05) is 13.1 Å². The minimum absolute atomic E-state index is 0.107. The molecule has 0 atom stereocenters. The van der Waals surface area contributed by atoms with E-state index in [0.29, 0.717) is 24.4 Å². The van der Waals surface area contributed by atoms with Crippen molar-refractivity contribution >= 4 is 17.2 Å². The van der Waals surface area contributed by atoms with Gasteiger partial charge in [0, 0.05) is 18.0 Å². The van der Waals surface area contributed by atoms with Crippen molar-refractivity contribution < 1.29 is 4.79 Å². The topological polar surface area (TPSA) is 90.8 Å². The SMILES string of the molecule is Cc1nc(C)c(C(=O)NCCCN=[N+]=[N-])s1. The minimum Gasteiger partial charge on any atom is -0.351 e. The molecule has 0 aliphatic carbocycles. The van der Waals surface area contributed by atoms with Crippen LogP contribution in [0.25, 0.3) is 10.4 Å². The van der Waals surface area contributed by atoms with E-state index in [1.54, 1.807) is 0 Å². The van der Waals surface area contributed by atoms with Crippen LogP contribution in [0, 0.1) is 13.8 Å². The van der Waals surface area contributed by atoms with Crippen LogP contribution in [0.15, 0.2) is 5.11 Å². The molecule has 1 amide bonds. The smallest absolute Gasteiger partial charge is 0.263 e. The first-order valence-electron chi connectivity index (χ1n) is 4.88. The minimum atomic E-state index is -0.107. The number of thiazole rings is 1. The molecule has 0 aliphatic rings. The van der Waals surface area contributed by atoms with Crippen LogP contribution >= 0.6 is 11.3 Å². The average molecular weight is 239 g/mol. The van der Waals surface area contributed by atoms with E-state index in [1.165, 1.54) is 11.3 Å². The maximum atomic E-state index is 11.7. The third-order valence-corrected chi connectivity index (χ3v) is 2.97. The predicted octanol–water partition coefficient (Wildman–Crippen LogP) is 2.19. The zero-order chi connectivity index (χ0) is 12.0. The fourth-order valence-corrected chi connectivity index (χ4v) is 2.05. The molecular weight excluding hydrogens is 226 g/mol. The normalized spacial score (nSPS) is 9.62. The molecule has 86 valence electrons. The summed E-state index contributed by atoms with van der Waals surface area (Å²) in [5, 5.41) is 7.03. The Morgan fingerprint density at radius 2 is 2.38 bits per heavy atom. The molecule has 6 nitrogen and oxygen atoms in total. The lowest BCUT2D eigenvalue weighted by molar-refractivity contribution is 0.0956. The molecule has 0 aromatic carbocycles. The highest BCUT2D eigenvalue weighted by atomic mass is 32.1. The first-order chi connectivity index (χ1) is 7.65. The number of carbonyl (C=O) groups is 1. The Morgan fingerprint density at radius 1 is 1.62 bits per heavy atom. The van der Waals surface area contributed by atoms with Gasteiger partial charge in [0.1, 0.15) is 4.88 Å². The number of nitrogens with zero attached hydrogens (tertiary/aromatic N) is 4. The van der Waals surface area contributed by atoms with Crippen molar-refractivity contribution in [3.63, 3.8) is 0 Å². The largest absolute Gasteiger partial charge is 0.351 e. The van der Waals surface area contributed by atoms with E-state index in [0.717, 1.165) is 10.7 Å². The lowest BCUT2D eigenvalue weighted by Gasteiger charge is -2.01. The van der Waals surface area contributed by atoms with Crippen LogP contribution in [0.5, 0.6) is 0 Å². The van der Waals surface area contributed by atoms with E-state index >= 15 is 0 Å². The molecule has 0 bridgehead atoms. The summed E-state index contributed by atoms with van der Waals surface area (Å²) >= 11 is 1.39. The fourth-order valence-electron chi connectivity index (χ4n) is 1.22. The summed E-state index contributed by atoms with van der Waals surface area (Å²) in [6, 6.07) is 0. The summed E-state index contributed by atoms with van der Waals surface area (Å²) in [5.41, 5.74) is 8.82. The van der Waals surface area contributed by atoms with E-state index in [1.807, 2.05) is 13.8 Å². The zero-order valence-electron chi connectivity index (χ0n) is 9.23. The van der Waals surface area contributed by atoms with Gasteiger partial charge in [0.2, 0.25) is 0 Å². The van der Waals surface area contributed by atoms with Gasteiger partial charge >= 0.3 is 0 Å². The van der Waals surface area contributed by atoms with Gasteiger partial charge in [0.15, 0.2) is 0 Å². The number of hydrogen-bond donors (Lipinski definition) is 1. The average Bonchev–Trinajstić information content (AvgIpc) is 2.57. The maximum absolute atomic E-state index is 11.7. The Morgan fingerprint density at radius 3 is 2.94 bits per heavy atom. The first kappa shape index (κ1) is 12.5. The molecule has 0 unspecified atom stereocenters. The summed E-state index contributed by atoms with van der Waals surface area (Å²) in [4.78, 5) is 19.1. The van der Waals surface area contributed by atoms with Gasteiger partial charge < -0.3 is 5.32 Å². The molecule has 7 heteroatoms. The van der Waals surface area contributed by atoms with E-state index in [9.17, 15) is 4.79 Å². The number of azide groups is 1. The number of aryl methyl sites for hydroxylation is 2. The van der Waals surface area contributed by atoms with Crippen molar-refractivity contribution in [3.05, 3.63) is 26.0 Å². The van der Waals surface area contributed by atoms with Gasteiger partial charge in [-0.25, -0.2) is 4.98 Å². The van der Waals surface area contributed by atoms with Crippen LogP contribution in [-0.2, 0) is 0 Å². The number of amides is 1. The number of rotatable bonds is 5. The van der Waals surface area contributed by atoms with Crippen molar-refractivity contribution in [1.29, 1.82) is 0 Å². The Bertz CT molecular complexity index is 422. The highest BCUT2D eigenvalue weighted by molar-refractivity contribution is 7.13. The summed E-state index contributed by atoms with van der Waals surface area (Å²) in [7, 11) is 0. The number of aromatic nitrogens is 1. The van der Waals surface area contributed by atoms with Crippen molar-refractivity contribution in [2.45, 2.75) is 20.3 Å². The predicted molar refractivity (Wildman–Crippen MR) is 62.6 cm³/mol. The van der Waals surface area contributed by atoms with Gasteiger partial charge in [0.05, 0.1) is 10.7 Å². The van der Waals surface area contributed by atoms with Gasteiger partial charge in [-0.2, -0.15) is 0 Å². The summed E-state index contributed by atoms with van der Waals surface area (Å²) < 4.78 is 0. The Hall–Kier alpha value is -1.59. The quantitative estimate of drug-likeness (QED) is 0.369. The molecule has 0 saturated heterocycles. The van der Waals surface area contributed by atoms with Gasteiger partial charge in [0.25, 0.3) is 5.91 Å². The standard InChI is InChI=1S/C9H13N5OS/c1-6-8(16-7(2)13-6)9(15)11-4-3-5-12-14-10/h3-5H2,1-2H3,(H,11,15). The van der Waals surface area contributed by atoms with Crippen LogP contribution in [0.2, 0.25) is 0 Å². The summed E-state index contributed by atoms with van der Waals surface area (Å²) in [5.74, 6) is -0.107. The van der Waals surface area contributed by atoms with Crippen molar-refractivity contribution in [1.82, 2.24) is 10.3 Å². The monoisotopic (exact) mass is 239 g/mol. The van der Waals surface area contributed by atoms with Gasteiger partial charge in [-0.05, 0) is 25.8 Å². The highest BCUT2D eigenvalue weighted by Crippen LogP contribution is 2.16.